The highest BCUT2D eigenvalue weighted by Crippen LogP contribution is 2.21. The summed E-state index contributed by atoms with van der Waals surface area (Å²) in [7, 11) is 0. The molecule has 3 rings (SSSR count). The topological polar surface area (TPSA) is 42.2 Å². The molecule has 0 fully saturated rings. The van der Waals surface area contributed by atoms with Crippen molar-refractivity contribution in [3.63, 3.8) is 0 Å². The summed E-state index contributed by atoms with van der Waals surface area (Å²) in [6, 6.07) is 8.21. The van der Waals surface area contributed by atoms with Crippen molar-refractivity contribution in [2.24, 2.45) is 0 Å². The van der Waals surface area contributed by atoms with E-state index in [-0.39, 0.29) is 0 Å². The third-order valence-corrected chi connectivity index (χ3v) is 4.01. The van der Waals surface area contributed by atoms with Crippen molar-refractivity contribution < 1.29 is 0 Å². The van der Waals surface area contributed by atoms with Crippen LogP contribution in [0.25, 0.3) is 5.65 Å². The van der Waals surface area contributed by atoms with Gasteiger partial charge in [-0.15, -0.1) is 0 Å². The molecule has 0 aliphatic rings. The normalized spacial score (nSPS) is 10.9. The van der Waals surface area contributed by atoms with Crippen LogP contribution in [0.5, 0.6) is 0 Å². The van der Waals surface area contributed by atoms with E-state index < -0.39 is 0 Å². The van der Waals surface area contributed by atoms with Gasteiger partial charge in [0, 0.05) is 40.7 Å². The lowest BCUT2D eigenvalue weighted by Crippen LogP contribution is -2.02. The summed E-state index contributed by atoms with van der Waals surface area (Å²) in [6.45, 7) is 4.76. The first-order valence-electron chi connectivity index (χ1n) is 6.43. The van der Waals surface area contributed by atoms with Crippen LogP contribution in [0.2, 0.25) is 0 Å². The smallest absolute Gasteiger partial charge is 0.155 e. The van der Waals surface area contributed by atoms with Crippen molar-refractivity contribution in [3.8, 4) is 0 Å². The van der Waals surface area contributed by atoms with E-state index in [0.29, 0.717) is 0 Å². The van der Waals surface area contributed by atoms with Gasteiger partial charge in [-0.1, -0.05) is 22.0 Å². The number of aryl methyl sites for hydroxylation is 2. The Hall–Kier alpha value is -1.88. The lowest BCUT2D eigenvalue weighted by atomic mass is 10.2. The zero-order valence-electron chi connectivity index (χ0n) is 11.4. The second kappa shape index (κ2) is 5.25. The predicted molar refractivity (Wildman–Crippen MR) is 83.9 cm³/mol. The fraction of sp³-hybridized carbons (Fsp3) is 0.200. The van der Waals surface area contributed by atoms with E-state index in [0.717, 1.165) is 33.6 Å². The van der Waals surface area contributed by atoms with Crippen LogP contribution in [0.1, 0.15) is 16.8 Å². The number of halogens is 1. The van der Waals surface area contributed by atoms with E-state index in [9.17, 15) is 0 Å². The molecule has 102 valence electrons. The molecule has 0 unspecified atom stereocenters. The fourth-order valence-corrected chi connectivity index (χ4v) is 2.41. The monoisotopic (exact) mass is 330 g/mol. The maximum absolute atomic E-state index is 4.40. The fourth-order valence-electron chi connectivity index (χ4n) is 2.03. The molecule has 0 atom stereocenters. The second-order valence-corrected chi connectivity index (χ2v) is 5.72. The largest absolute Gasteiger partial charge is 0.381 e. The van der Waals surface area contributed by atoms with Crippen LogP contribution < -0.4 is 5.32 Å². The summed E-state index contributed by atoms with van der Waals surface area (Å²) in [5.74, 6) is 0. The number of benzene rings is 1. The third-order valence-electron chi connectivity index (χ3n) is 3.16. The Kier molecular flexibility index (Phi) is 3.44. The van der Waals surface area contributed by atoms with Gasteiger partial charge in [0.15, 0.2) is 5.65 Å². The summed E-state index contributed by atoms with van der Waals surface area (Å²) >= 11 is 3.54. The van der Waals surface area contributed by atoms with Crippen LogP contribution in [-0.4, -0.2) is 14.6 Å². The number of aromatic nitrogens is 3. The third kappa shape index (κ3) is 2.67. The van der Waals surface area contributed by atoms with E-state index in [1.807, 2.05) is 29.9 Å². The number of nitrogens with one attached hydrogen (secondary N) is 1. The molecule has 2 aromatic heterocycles. The van der Waals surface area contributed by atoms with Crippen molar-refractivity contribution in [2.45, 2.75) is 20.4 Å². The van der Waals surface area contributed by atoms with Crippen molar-refractivity contribution in [2.75, 3.05) is 5.32 Å². The molecule has 2 heterocycles. The summed E-state index contributed by atoms with van der Waals surface area (Å²) in [4.78, 5) is 4.40. The second-order valence-electron chi connectivity index (χ2n) is 4.87. The van der Waals surface area contributed by atoms with Crippen LogP contribution in [0.15, 0.2) is 41.1 Å². The quantitative estimate of drug-likeness (QED) is 0.795. The molecular formula is C15H15BrN4. The number of nitrogens with zero attached hydrogens (tertiary/aromatic N) is 3. The van der Waals surface area contributed by atoms with Crippen LogP contribution in [0.4, 0.5) is 5.69 Å². The minimum absolute atomic E-state index is 0.720. The van der Waals surface area contributed by atoms with E-state index in [1.165, 1.54) is 5.56 Å². The molecule has 20 heavy (non-hydrogen) atoms. The molecule has 0 radical (unpaired) electrons. The average molecular weight is 331 g/mol. The maximum atomic E-state index is 4.40. The standard InChI is InChI=1S/C15H15BrN4/c1-10-3-4-13(6-14(10)16)17-7-12-8-18-15-5-11(2)19-20(15)9-12/h3-6,8-9,17H,7H2,1-2H3. The summed E-state index contributed by atoms with van der Waals surface area (Å²) in [6.07, 6.45) is 3.89. The van der Waals surface area contributed by atoms with Gasteiger partial charge in [-0.2, -0.15) is 5.10 Å². The van der Waals surface area contributed by atoms with E-state index in [4.69, 9.17) is 0 Å². The first-order chi connectivity index (χ1) is 9.61. The van der Waals surface area contributed by atoms with Crippen molar-refractivity contribution in [3.05, 3.63) is 58.0 Å². The first kappa shape index (κ1) is 13.1. The van der Waals surface area contributed by atoms with Crippen molar-refractivity contribution in [1.82, 2.24) is 14.6 Å². The SMILES string of the molecule is Cc1cc2ncc(CNc3ccc(C)c(Br)c3)cn2n1. The molecule has 0 amide bonds. The number of rotatable bonds is 3. The average Bonchev–Trinajstić information content (AvgIpc) is 2.79. The predicted octanol–water partition coefficient (Wildman–Crippen LogP) is 3.72. The van der Waals surface area contributed by atoms with Crippen molar-refractivity contribution >= 4 is 27.3 Å². The maximum Gasteiger partial charge on any atom is 0.155 e. The molecule has 1 aromatic carbocycles. The van der Waals surface area contributed by atoms with Crippen LogP contribution in [0.3, 0.4) is 0 Å². The lowest BCUT2D eigenvalue weighted by molar-refractivity contribution is 0.895. The molecular weight excluding hydrogens is 316 g/mol. The first-order valence-corrected chi connectivity index (χ1v) is 7.22. The van der Waals surface area contributed by atoms with E-state index in [1.54, 1.807) is 0 Å². The minimum atomic E-state index is 0.720. The molecule has 0 aliphatic carbocycles. The lowest BCUT2D eigenvalue weighted by Gasteiger charge is -2.08. The Balaban J connectivity index is 1.77. The summed E-state index contributed by atoms with van der Waals surface area (Å²) in [5.41, 5.74) is 5.26. The highest BCUT2D eigenvalue weighted by atomic mass is 79.9. The van der Waals surface area contributed by atoms with Gasteiger partial charge in [0.1, 0.15) is 0 Å². The molecule has 0 bridgehead atoms. The van der Waals surface area contributed by atoms with Crippen LogP contribution in [-0.2, 0) is 6.54 Å². The number of anilines is 1. The molecule has 4 nitrogen and oxygen atoms in total. The molecule has 3 aromatic rings. The van der Waals surface area contributed by atoms with Gasteiger partial charge in [-0.25, -0.2) is 9.50 Å². The van der Waals surface area contributed by atoms with E-state index >= 15 is 0 Å². The van der Waals surface area contributed by atoms with Crippen LogP contribution in [0, 0.1) is 13.8 Å². The Morgan fingerprint density at radius 3 is 2.90 bits per heavy atom. The number of fused-ring (bicyclic) bond motifs is 1. The number of hydrogen-bond donors (Lipinski definition) is 1. The number of hydrogen-bond acceptors (Lipinski definition) is 3. The highest BCUT2D eigenvalue weighted by Gasteiger charge is 2.02. The van der Waals surface area contributed by atoms with Crippen LogP contribution >= 0.6 is 15.9 Å². The van der Waals surface area contributed by atoms with Gasteiger partial charge in [0.25, 0.3) is 0 Å². The zero-order valence-corrected chi connectivity index (χ0v) is 13.0. The van der Waals surface area contributed by atoms with Gasteiger partial charge in [-0.05, 0) is 31.5 Å². The molecule has 0 saturated heterocycles. The highest BCUT2D eigenvalue weighted by molar-refractivity contribution is 9.10. The van der Waals surface area contributed by atoms with Gasteiger partial charge in [0.2, 0.25) is 0 Å². The summed E-state index contributed by atoms with van der Waals surface area (Å²) < 4.78 is 2.93. The molecule has 5 heteroatoms. The molecule has 0 saturated carbocycles. The Labute approximate surface area is 126 Å². The van der Waals surface area contributed by atoms with Gasteiger partial charge in [0.05, 0.1) is 5.69 Å². The van der Waals surface area contributed by atoms with Gasteiger partial charge in [-0.3, -0.25) is 0 Å². The Morgan fingerprint density at radius 1 is 1.25 bits per heavy atom. The Bertz CT molecular complexity index is 764. The molecule has 0 aliphatic heterocycles. The van der Waals surface area contributed by atoms with E-state index in [2.05, 4.69) is 56.5 Å². The van der Waals surface area contributed by atoms with Crippen molar-refractivity contribution in [1.29, 1.82) is 0 Å². The summed E-state index contributed by atoms with van der Waals surface area (Å²) in [5, 5.41) is 7.76. The van der Waals surface area contributed by atoms with Gasteiger partial charge < -0.3 is 5.32 Å². The molecule has 1 N–H and O–H groups in total. The van der Waals surface area contributed by atoms with Gasteiger partial charge >= 0.3 is 0 Å². The zero-order chi connectivity index (χ0) is 14.1. The molecule has 0 spiro atoms. The Morgan fingerprint density at radius 2 is 2.10 bits per heavy atom. The minimum Gasteiger partial charge on any atom is -0.381 e.